The first-order valence-corrected chi connectivity index (χ1v) is 20.1. The number of halogens is 1. The van der Waals surface area contributed by atoms with E-state index in [9.17, 15) is 14.5 Å². The minimum atomic E-state index is -4.55. The van der Waals surface area contributed by atoms with E-state index in [1.165, 1.54) is 16.7 Å². The van der Waals surface area contributed by atoms with E-state index < -0.39 is 19.3 Å². The minimum Gasteiger partial charge on any atom is -0.493 e. The first-order chi connectivity index (χ1) is 24.3. The molecule has 1 fully saturated rings. The third kappa shape index (κ3) is 8.58. The van der Waals surface area contributed by atoms with Crippen molar-refractivity contribution < 1.29 is 38.3 Å². The summed E-state index contributed by atoms with van der Waals surface area (Å²) in [4.78, 5) is 35.7. The van der Waals surface area contributed by atoms with Crippen molar-refractivity contribution in [2.24, 2.45) is 11.8 Å². The number of benzene rings is 2. The number of nitrogens with zero attached hydrogens (tertiary/aromatic N) is 1. The zero-order chi connectivity index (χ0) is 36.4. The van der Waals surface area contributed by atoms with Gasteiger partial charge in [0.2, 0.25) is 0 Å². The Bertz CT molecular complexity index is 1760. The summed E-state index contributed by atoms with van der Waals surface area (Å²) >= 11 is 6.26. The van der Waals surface area contributed by atoms with Gasteiger partial charge in [-0.2, -0.15) is 0 Å². The normalized spacial score (nSPS) is 25.5. The average molecular weight is 741 g/mol. The number of aryl methyl sites for hydroxylation is 1. The molecule has 0 unspecified atom stereocenters. The smallest absolute Gasteiger partial charge is 0.469 e. The van der Waals surface area contributed by atoms with Crippen molar-refractivity contribution in [1.82, 2.24) is 4.98 Å². The van der Waals surface area contributed by atoms with E-state index in [4.69, 9.17) is 30.9 Å². The van der Waals surface area contributed by atoms with Gasteiger partial charge in [-0.15, -0.1) is 0 Å². The van der Waals surface area contributed by atoms with Crippen LogP contribution in [0.3, 0.4) is 0 Å². The number of rotatable bonds is 14. The quantitative estimate of drug-likeness (QED) is 0.119. The van der Waals surface area contributed by atoms with Crippen molar-refractivity contribution in [3.8, 4) is 11.5 Å². The summed E-state index contributed by atoms with van der Waals surface area (Å²) in [5, 5.41) is 14.5. The summed E-state index contributed by atoms with van der Waals surface area (Å²) in [6.07, 6.45) is 9.17. The number of nitrogens with one attached hydrogen (secondary N) is 1. The van der Waals surface area contributed by atoms with Gasteiger partial charge < -0.3 is 29.7 Å². The Morgan fingerprint density at radius 2 is 1.90 bits per heavy atom. The number of anilines is 1. The molecule has 3 aliphatic rings. The van der Waals surface area contributed by atoms with Gasteiger partial charge in [0, 0.05) is 34.6 Å². The molecule has 3 aromatic rings. The molecule has 4 N–H and O–H groups in total. The van der Waals surface area contributed by atoms with Gasteiger partial charge in [0.15, 0.2) is 0 Å². The number of phosphoric ester groups is 1. The van der Waals surface area contributed by atoms with Gasteiger partial charge in [-0.1, -0.05) is 37.6 Å². The maximum absolute atomic E-state index is 12.9. The predicted octanol–water partition coefficient (Wildman–Crippen LogP) is 8.47. The van der Waals surface area contributed by atoms with Gasteiger partial charge in [0.1, 0.15) is 17.0 Å². The molecular weight excluding hydrogens is 691 g/mol. The highest BCUT2D eigenvalue weighted by atomic mass is 35.5. The molecular formula is C39H50ClN2O8P. The Labute approximate surface area is 305 Å². The van der Waals surface area contributed by atoms with E-state index in [1.807, 2.05) is 37.4 Å². The summed E-state index contributed by atoms with van der Waals surface area (Å²) in [6, 6.07) is 15.4. The largest absolute Gasteiger partial charge is 0.493 e. The SMILES string of the molecule is C[C@@H](COc1ccnc2c1[C@H](C)CCC2)C[C@H]1Cc2ccc(O[C@@H](C)CCOP(=O)(O)O)cc2C12CCC(Nc1cccc(Cl)c1)(C(=O)O)CC2. The molecule has 0 bridgehead atoms. The Balaban J connectivity index is 1.23. The zero-order valence-corrected chi connectivity index (χ0v) is 31.3. The van der Waals surface area contributed by atoms with Crippen molar-refractivity contribution in [2.75, 3.05) is 18.5 Å². The number of carboxylic acids is 1. The maximum Gasteiger partial charge on any atom is 0.469 e. The number of hydrogen-bond donors (Lipinski definition) is 4. The fourth-order valence-electron chi connectivity index (χ4n) is 8.78. The van der Waals surface area contributed by atoms with Crippen LogP contribution in [-0.2, 0) is 32.1 Å². The summed E-state index contributed by atoms with van der Waals surface area (Å²) in [5.41, 5.74) is 4.17. The van der Waals surface area contributed by atoms with E-state index in [2.05, 4.69) is 40.8 Å². The van der Waals surface area contributed by atoms with Crippen LogP contribution in [0, 0.1) is 11.8 Å². The average Bonchev–Trinajstić information content (AvgIpc) is 3.35. The number of carbonyl (C=O) groups is 1. The van der Waals surface area contributed by atoms with Crippen LogP contribution < -0.4 is 14.8 Å². The first kappa shape index (κ1) is 37.6. The van der Waals surface area contributed by atoms with Crippen LogP contribution in [0.25, 0.3) is 0 Å². The summed E-state index contributed by atoms with van der Waals surface area (Å²) in [5.74, 6) is 1.71. The lowest BCUT2D eigenvalue weighted by atomic mass is 9.59. The van der Waals surface area contributed by atoms with Crippen LogP contribution in [0.15, 0.2) is 54.7 Å². The minimum absolute atomic E-state index is 0.125. The number of hydrogen-bond acceptors (Lipinski definition) is 7. The second kappa shape index (κ2) is 15.5. The number of pyridine rings is 1. The molecule has 10 nitrogen and oxygen atoms in total. The van der Waals surface area contributed by atoms with Crippen LogP contribution in [0.1, 0.15) is 100 Å². The van der Waals surface area contributed by atoms with Crippen molar-refractivity contribution in [3.63, 3.8) is 0 Å². The molecule has 0 radical (unpaired) electrons. The molecule has 1 saturated carbocycles. The van der Waals surface area contributed by atoms with E-state index in [-0.39, 0.29) is 30.0 Å². The van der Waals surface area contributed by atoms with E-state index in [1.54, 1.807) is 12.1 Å². The zero-order valence-electron chi connectivity index (χ0n) is 29.6. The molecule has 1 heterocycles. The molecule has 4 atom stereocenters. The fourth-order valence-corrected chi connectivity index (χ4v) is 9.31. The molecule has 0 saturated heterocycles. The first-order valence-electron chi connectivity index (χ1n) is 18.1. The molecule has 0 aliphatic heterocycles. The van der Waals surface area contributed by atoms with Crippen LogP contribution >= 0.6 is 19.4 Å². The van der Waals surface area contributed by atoms with Gasteiger partial charge in [0.25, 0.3) is 0 Å². The molecule has 2 aromatic carbocycles. The standard InChI is InChI=1S/C39H50ClN2O8P/c1-25(24-48-35-12-18-41-34-9-4-6-26(2)36(34)35)20-29-21-28-10-11-32(50-27(3)13-19-49-51(45,46)47)23-33(28)38(29)14-16-39(17-15-38,37(43)44)42-31-8-5-7-30(40)22-31/h5,7-8,10-12,18,22-23,25-27,29,42H,4,6,9,13-17,19-21,24H2,1-3H3,(H,43,44)(H2,45,46,47)/t25-,26-,27+,29+,38?,39?/m1/s1. The lowest BCUT2D eigenvalue weighted by Crippen LogP contribution is -2.53. The Kier molecular flexibility index (Phi) is 11.4. The van der Waals surface area contributed by atoms with Crippen LogP contribution in [0.2, 0.25) is 5.02 Å². The third-order valence-electron chi connectivity index (χ3n) is 11.4. The summed E-state index contributed by atoms with van der Waals surface area (Å²) in [6.45, 7) is 6.81. The van der Waals surface area contributed by atoms with Crippen molar-refractivity contribution in [2.45, 2.75) is 108 Å². The van der Waals surface area contributed by atoms with E-state index in [0.29, 0.717) is 61.1 Å². The molecule has 276 valence electrons. The van der Waals surface area contributed by atoms with Crippen molar-refractivity contribution in [1.29, 1.82) is 0 Å². The van der Waals surface area contributed by atoms with Crippen molar-refractivity contribution >= 4 is 31.1 Å². The lowest BCUT2D eigenvalue weighted by molar-refractivity contribution is -0.144. The molecule has 1 spiro atoms. The fraction of sp³-hybridized carbons (Fsp3) is 0.538. The van der Waals surface area contributed by atoms with Gasteiger partial charge >= 0.3 is 13.8 Å². The number of fused-ring (bicyclic) bond motifs is 3. The molecule has 12 heteroatoms. The second-order valence-corrected chi connectivity index (χ2v) is 16.7. The number of aromatic nitrogens is 1. The highest BCUT2D eigenvalue weighted by molar-refractivity contribution is 7.46. The molecule has 6 rings (SSSR count). The van der Waals surface area contributed by atoms with E-state index >= 15 is 0 Å². The van der Waals surface area contributed by atoms with Crippen LogP contribution in [0.5, 0.6) is 11.5 Å². The van der Waals surface area contributed by atoms with Crippen LogP contribution in [-0.4, -0.2) is 50.7 Å². The van der Waals surface area contributed by atoms with Crippen molar-refractivity contribution in [3.05, 3.63) is 82.1 Å². The molecule has 0 amide bonds. The number of carboxylic acid groups (broad SMARTS) is 1. The Morgan fingerprint density at radius 3 is 2.63 bits per heavy atom. The summed E-state index contributed by atoms with van der Waals surface area (Å²) < 4.78 is 28.6. The van der Waals surface area contributed by atoms with Gasteiger partial charge in [-0.05, 0) is 135 Å². The highest BCUT2D eigenvalue weighted by Gasteiger charge is 2.54. The Morgan fingerprint density at radius 1 is 1.12 bits per heavy atom. The second-order valence-electron chi connectivity index (χ2n) is 15.1. The lowest BCUT2D eigenvalue weighted by Gasteiger charge is -2.47. The number of phosphoric acid groups is 1. The third-order valence-corrected chi connectivity index (χ3v) is 12.1. The van der Waals surface area contributed by atoms with E-state index in [0.717, 1.165) is 43.5 Å². The van der Waals surface area contributed by atoms with Gasteiger partial charge in [0.05, 0.1) is 19.3 Å². The summed E-state index contributed by atoms with van der Waals surface area (Å²) in [7, 11) is -4.55. The molecule has 3 aliphatic carbocycles. The molecule has 51 heavy (non-hydrogen) atoms. The Hall–Kier alpha value is -3.14. The van der Waals surface area contributed by atoms with Gasteiger partial charge in [-0.25, -0.2) is 9.36 Å². The highest BCUT2D eigenvalue weighted by Crippen LogP contribution is 2.57. The number of aliphatic carboxylic acids is 1. The topological polar surface area (TPSA) is 147 Å². The van der Waals surface area contributed by atoms with Gasteiger partial charge in [-0.3, -0.25) is 9.51 Å². The predicted molar refractivity (Wildman–Crippen MR) is 197 cm³/mol. The maximum atomic E-state index is 12.9. The number of ether oxygens (including phenoxy) is 2. The molecule has 1 aromatic heterocycles. The monoisotopic (exact) mass is 740 g/mol. The van der Waals surface area contributed by atoms with Crippen LogP contribution in [0.4, 0.5) is 5.69 Å².